The lowest BCUT2D eigenvalue weighted by Gasteiger charge is -2.36. The van der Waals surface area contributed by atoms with Crippen molar-refractivity contribution in [1.82, 2.24) is 4.98 Å². The van der Waals surface area contributed by atoms with Gasteiger partial charge in [-0.3, -0.25) is 4.79 Å². The monoisotopic (exact) mass is 542 g/mol. The molecule has 1 atom stereocenters. The number of nitrogens with one attached hydrogen (secondary N) is 1. The first kappa shape index (κ1) is 26.9. The minimum Gasteiger partial charge on any atom is -0.497 e. The van der Waals surface area contributed by atoms with Gasteiger partial charge in [0.05, 0.1) is 36.6 Å². The molecule has 2 aromatic heterocycles. The maximum Gasteiger partial charge on any atom is 0.341 e. The summed E-state index contributed by atoms with van der Waals surface area (Å²) in [6, 6.07) is 17.0. The Morgan fingerprint density at radius 1 is 1.10 bits per heavy atom. The molecule has 0 fully saturated rings. The summed E-state index contributed by atoms with van der Waals surface area (Å²) in [7, 11) is 3.02. The Hall–Kier alpha value is -3.71. The fraction of sp³-hybridized carbons (Fsp3) is 0.344. The molecule has 2 aromatic carbocycles. The van der Waals surface area contributed by atoms with Crippen molar-refractivity contribution in [3.05, 3.63) is 76.2 Å². The van der Waals surface area contributed by atoms with Crippen molar-refractivity contribution in [2.24, 2.45) is 11.3 Å². The average molecular weight is 543 g/mol. The largest absolute Gasteiger partial charge is 0.497 e. The van der Waals surface area contributed by atoms with E-state index in [-0.39, 0.29) is 11.3 Å². The Balaban J connectivity index is 1.54. The molecule has 5 rings (SSSR count). The minimum absolute atomic E-state index is 0.213. The Morgan fingerprint density at radius 2 is 1.85 bits per heavy atom. The Bertz CT molecular complexity index is 1540. The van der Waals surface area contributed by atoms with Gasteiger partial charge in [-0.15, -0.1) is 11.3 Å². The number of para-hydroxylation sites is 1. The highest BCUT2D eigenvalue weighted by Crippen LogP contribution is 2.46. The van der Waals surface area contributed by atoms with Crippen LogP contribution in [0.15, 0.2) is 54.6 Å². The van der Waals surface area contributed by atoms with Gasteiger partial charge in [-0.2, -0.15) is 0 Å². The van der Waals surface area contributed by atoms with E-state index in [4.69, 9.17) is 14.5 Å². The summed E-state index contributed by atoms with van der Waals surface area (Å²) in [4.78, 5) is 32.8. The molecule has 6 nitrogen and oxygen atoms in total. The van der Waals surface area contributed by atoms with E-state index in [1.807, 2.05) is 54.6 Å². The minimum atomic E-state index is -0.408. The number of nitrogens with zero attached hydrogens (tertiary/aromatic N) is 1. The van der Waals surface area contributed by atoms with Crippen LogP contribution in [0.4, 0.5) is 5.00 Å². The molecule has 1 aliphatic rings. The molecule has 2 heterocycles. The van der Waals surface area contributed by atoms with Crippen molar-refractivity contribution in [2.75, 3.05) is 19.5 Å². The summed E-state index contributed by atoms with van der Waals surface area (Å²) in [5.74, 6) is 0.588. The van der Waals surface area contributed by atoms with E-state index < -0.39 is 5.97 Å². The Morgan fingerprint density at radius 3 is 2.54 bits per heavy atom. The average Bonchev–Trinajstić information content (AvgIpc) is 3.33. The predicted molar refractivity (Wildman–Crippen MR) is 157 cm³/mol. The van der Waals surface area contributed by atoms with Crippen LogP contribution in [0.2, 0.25) is 0 Å². The number of benzene rings is 2. The topological polar surface area (TPSA) is 77.5 Å². The van der Waals surface area contributed by atoms with Gasteiger partial charge >= 0.3 is 5.97 Å². The molecule has 0 saturated carbocycles. The third-order valence-corrected chi connectivity index (χ3v) is 9.41. The van der Waals surface area contributed by atoms with Crippen molar-refractivity contribution >= 4 is 39.1 Å². The molecule has 0 saturated heterocycles. The molecular formula is C32H34N2O4S. The molecular weight excluding hydrogens is 508 g/mol. The number of rotatable bonds is 7. The van der Waals surface area contributed by atoms with Gasteiger partial charge in [-0.25, -0.2) is 9.78 Å². The highest BCUT2D eigenvalue weighted by molar-refractivity contribution is 7.17. The van der Waals surface area contributed by atoms with Crippen LogP contribution in [0.1, 0.15) is 64.8 Å². The zero-order valence-corrected chi connectivity index (χ0v) is 23.9. The number of hydrogen-bond donors (Lipinski definition) is 1. The molecule has 1 unspecified atom stereocenters. The smallest absolute Gasteiger partial charge is 0.341 e. The lowest BCUT2D eigenvalue weighted by Crippen LogP contribution is -2.28. The molecule has 1 aliphatic carbocycles. The molecule has 1 amide bonds. The fourth-order valence-corrected chi connectivity index (χ4v) is 6.70. The maximum absolute atomic E-state index is 13.9. The van der Waals surface area contributed by atoms with Crippen molar-refractivity contribution in [3.63, 3.8) is 0 Å². The third-order valence-electron chi connectivity index (χ3n) is 8.24. The number of pyridine rings is 1. The molecule has 7 heteroatoms. The van der Waals surface area contributed by atoms with E-state index in [0.29, 0.717) is 27.7 Å². The van der Waals surface area contributed by atoms with Gasteiger partial charge in [0.2, 0.25) is 0 Å². The van der Waals surface area contributed by atoms with Crippen molar-refractivity contribution < 1.29 is 19.1 Å². The van der Waals surface area contributed by atoms with Crippen LogP contribution >= 0.6 is 11.3 Å². The summed E-state index contributed by atoms with van der Waals surface area (Å²) in [6.07, 6.45) is 3.82. The molecule has 0 radical (unpaired) electrons. The molecule has 4 aromatic rings. The molecule has 1 N–H and O–H groups in total. The maximum atomic E-state index is 13.9. The van der Waals surface area contributed by atoms with Gasteiger partial charge in [-0.1, -0.05) is 45.4 Å². The molecule has 0 spiro atoms. The van der Waals surface area contributed by atoms with Gasteiger partial charge < -0.3 is 14.8 Å². The number of ether oxygens (including phenoxy) is 2. The lowest BCUT2D eigenvalue weighted by molar-refractivity contribution is 0.0600. The first-order valence-corrected chi connectivity index (χ1v) is 14.2. The van der Waals surface area contributed by atoms with E-state index >= 15 is 0 Å². The molecule has 0 aliphatic heterocycles. The zero-order chi connectivity index (χ0) is 27.7. The van der Waals surface area contributed by atoms with Crippen molar-refractivity contribution in [2.45, 2.75) is 46.5 Å². The summed E-state index contributed by atoms with van der Waals surface area (Å²) in [5.41, 5.74) is 4.51. The first-order chi connectivity index (χ1) is 18.7. The second-order valence-corrected chi connectivity index (χ2v) is 11.8. The number of methoxy groups -OCH3 is 2. The molecule has 0 bridgehead atoms. The van der Waals surface area contributed by atoms with Crippen LogP contribution in [0.5, 0.6) is 5.75 Å². The van der Waals surface area contributed by atoms with E-state index in [1.165, 1.54) is 23.3 Å². The number of fused-ring (bicyclic) bond motifs is 2. The highest BCUT2D eigenvalue weighted by Gasteiger charge is 2.35. The Kier molecular flexibility index (Phi) is 7.45. The number of aromatic nitrogens is 1. The number of esters is 1. The second kappa shape index (κ2) is 10.8. The summed E-state index contributed by atoms with van der Waals surface area (Å²) >= 11 is 1.51. The Labute approximate surface area is 233 Å². The number of carbonyl (C=O) groups excluding carboxylic acids is 2. The normalized spacial score (nSPS) is 15.1. The van der Waals surface area contributed by atoms with E-state index in [1.54, 1.807) is 7.11 Å². The highest BCUT2D eigenvalue weighted by atomic mass is 32.1. The van der Waals surface area contributed by atoms with Crippen LogP contribution in [0.25, 0.3) is 22.2 Å². The summed E-state index contributed by atoms with van der Waals surface area (Å²) in [5, 5.41) is 4.39. The van der Waals surface area contributed by atoms with Gasteiger partial charge in [0.25, 0.3) is 5.91 Å². The molecule has 39 heavy (non-hydrogen) atoms. The quantitative estimate of drug-likeness (QED) is 0.244. The van der Waals surface area contributed by atoms with Crippen molar-refractivity contribution in [1.29, 1.82) is 0 Å². The third kappa shape index (κ3) is 5.15. The summed E-state index contributed by atoms with van der Waals surface area (Å²) < 4.78 is 10.5. The van der Waals surface area contributed by atoms with Crippen LogP contribution in [-0.4, -0.2) is 31.1 Å². The van der Waals surface area contributed by atoms with E-state index in [9.17, 15) is 9.59 Å². The number of amides is 1. The predicted octanol–water partition coefficient (Wildman–Crippen LogP) is 7.55. The standard InChI is InChI=1S/C32H34N2O4S/c1-6-32(2,3)20-13-16-23-27(17-20)39-30(28(23)31(36)38-5)34-29(35)24-18-26(19-11-14-21(37-4)15-12-19)33-25-10-8-7-9-22(24)25/h7-12,14-15,18,20H,6,13,16-17H2,1-5H3,(H,34,35). The van der Waals surface area contributed by atoms with E-state index in [0.717, 1.165) is 53.5 Å². The van der Waals surface area contributed by atoms with Crippen LogP contribution in [0.3, 0.4) is 0 Å². The zero-order valence-electron chi connectivity index (χ0n) is 23.1. The number of thiophene rings is 1. The first-order valence-electron chi connectivity index (χ1n) is 13.3. The number of hydrogen-bond acceptors (Lipinski definition) is 6. The van der Waals surface area contributed by atoms with Crippen molar-refractivity contribution in [3.8, 4) is 17.0 Å². The second-order valence-electron chi connectivity index (χ2n) is 10.7. The lowest BCUT2D eigenvalue weighted by atomic mass is 9.69. The SMILES string of the molecule is CCC(C)(C)C1CCc2c(sc(NC(=O)c3cc(-c4ccc(OC)cc4)nc4ccccc34)c2C(=O)OC)C1. The molecule has 202 valence electrons. The van der Waals surface area contributed by atoms with Gasteiger partial charge in [0, 0.05) is 15.8 Å². The van der Waals surface area contributed by atoms with E-state index in [2.05, 4.69) is 26.1 Å². The van der Waals surface area contributed by atoms with Crippen LogP contribution < -0.4 is 10.1 Å². The van der Waals surface area contributed by atoms with Gasteiger partial charge in [-0.05, 0) is 72.6 Å². The summed E-state index contributed by atoms with van der Waals surface area (Å²) in [6.45, 7) is 6.86. The van der Waals surface area contributed by atoms with Crippen LogP contribution in [0, 0.1) is 11.3 Å². The van der Waals surface area contributed by atoms with Gasteiger partial charge in [0.1, 0.15) is 10.8 Å². The number of carbonyl (C=O) groups is 2. The van der Waals surface area contributed by atoms with Gasteiger partial charge in [0.15, 0.2) is 0 Å². The fourth-order valence-electron chi connectivity index (χ4n) is 5.39. The van der Waals surface area contributed by atoms with Crippen LogP contribution in [-0.2, 0) is 17.6 Å². The number of anilines is 1.